The number of hydrogen-bond acceptors (Lipinski definition) is 4. The van der Waals surface area contributed by atoms with E-state index in [0.717, 1.165) is 5.56 Å². The van der Waals surface area contributed by atoms with Gasteiger partial charge in [0, 0.05) is 35.6 Å². The van der Waals surface area contributed by atoms with Gasteiger partial charge in [0.1, 0.15) is 0 Å². The summed E-state index contributed by atoms with van der Waals surface area (Å²) in [5.41, 5.74) is 0.503. The number of rotatable bonds is 5. The van der Waals surface area contributed by atoms with E-state index in [1.165, 1.54) is 9.71 Å². The molecule has 6 nitrogen and oxygen atoms in total. The second-order valence-electron chi connectivity index (χ2n) is 7.73. The molecule has 1 N–H and O–H groups in total. The third-order valence-corrected chi connectivity index (χ3v) is 5.91. The maximum Gasteiger partial charge on any atom is 0.236 e. The number of sulfonamides is 1. The summed E-state index contributed by atoms with van der Waals surface area (Å²) in [6.45, 7) is 8.15. The fourth-order valence-corrected chi connectivity index (χ4v) is 4.19. The van der Waals surface area contributed by atoms with Gasteiger partial charge in [-0.25, -0.2) is 8.42 Å². The molecule has 1 saturated heterocycles. The molecule has 0 radical (unpaired) electrons. The molecule has 2 rings (SSSR count). The maximum atomic E-state index is 12.6. The van der Waals surface area contributed by atoms with Gasteiger partial charge in [0.25, 0.3) is 0 Å². The van der Waals surface area contributed by atoms with E-state index in [9.17, 15) is 13.2 Å². The molecule has 150 valence electrons. The molecule has 0 aromatic heterocycles. The number of nitrogens with one attached hydrogen (secondary N) is 1. The highest BCUT2D eigenvalue weighted by Gasteiger charge is 2.24. The van der Waals surface area contributed by atoms with Gasteiger partial charge >= 0.3 is 0 Å². The van der Waals surface area contributed by atoms with Crippen LogP contribution in [0.1, 0.15) is 32.8 Å². The first-order chi connectivity index (χ1) is 12.5. The predicted octanol–water partition coefficient (Wildman–Crippen LogP) is 2.56. The molecule has 0 unspecified atom stereocenters. The summed E-state index contributed by atoms with van der Waals surface area (Å²) in [6.07, 6.45) is 2.27. The van der Waals surface area contributed by atoms with E-state index in [1.807, 2.05) is 25.7 Å². The third-order valence-electron chi connectivity index (χ3n) is 4.09. The Balaban J connectivity index is 1.94. The summed E-state index contributed by atoms with van der Waals surface area (Å²) < 4.78 is 26.7. The van der Waals surface area contributed by atoms with Crippen LogP contribution >= 0.6 is 11.6 Å². The molecular weight excluding hydrogens is 386 g/mol. The Labute approximate surface area is 167 Å². The van der Waals surface area contributed by atoms with Crippen molar-refractivity contribution in [2.45, 2.75) is 32.7 Å². The van der Waals surface area contributed by atoms with Gasteiger partial charge in [-0.15, -0.1) is 0 Å². The van der Waals surface area contributed by atoms with Crippen LogP contribution in [0.5, 0.6) is 0 Å². The van der Waals surface area contributed by atoms with Gasteiger partial charge in [0.05, 0.1) is 6.54 Å². The second kappa shape index (κ2) is 9.19. The van der Waals surface area contributed by atoms with E-state index >= 15 is 0 Å². The Bertz CT molecular complexity index is 770. The van der Waals surface area contributed by atoms with Crippen LogP contribution in [-0.2, 0) is 14.8 Å². The third kappa shape index (κ3) is 7.62. The van der Waals surface area contributed by atoms with Gasteiger partial charge in [-0.2, -0.15) is 4.31 Å². The minimum absolute atomic E-state index is 0.0403. The smallest absolute Gasteiger partial charge is 0.236 e. The van der Waals surface area contributed by atoms with Crippen molar-refractivity contribution in [1.82, 2.24) is 14.5 Å². The van der Waals surface area contributed by atoms with E-state index in [0.29, 0.717) is 37.6 Å². The van der Waals surface area contributed by atoms with Gasteiger partial charge < -0.3 is 5.32 Å². The molecule has 1 aromatic rings. The molecule has 0 bridgehead atoms. The van der Waals surface area contributed by atoms with Gasteiger partial charge in [-0.05, 0) is 57.5 Å². The lowest BCUT2D eigenvalue weighted by Gasteiger charge is -2.24. The molecule has 0 saturated carbocycles. The van der Waals surface area contributed by atoms with E-state index < -0.39 is 10.0 Å². The molecule has 8 heteroatoms. The summed E-state index contributed by atoms with van der Waals surface area (Å²) in [4.78, 5) is 14.1. The zero-order chi connectivity index (χ0) is 20.1. The number of nitrogens with zero attached hydrogens (tertiary/aromatic N) is 2. The molecule has 0 spiro atoms. The first-order valence-electron chi connectivity index (χ1n) is 9.02. The minimum Gasteiger partial charge on any atom is -0.350 e. The zero-order valence-corrected chi connectivity index (χ0v) is 17.7. The quantitative estimate of drug-likeness (QED) is 0.805. The first kappa shape index (κ1) is 21.9. The van der Waals surface area contributed by atoms with Crippen LogP contribution in [0.2, 0.25) is 5.02 Å². The average Bonchev–Trinajstić information content (AvgIpc) is 2.78. The predicted molar refractivity (Wildman–Crippen MR) is 110 cm³/mol. The van der Waals surface area contributed by atoms with Crippen LogP contribution in [0.3, 0.4) is 0 Å². The van der Waals surface area contributed by atoms with Crippen molar-refractivity contribution in [2.24, 2.45) is 0 Å². The van der Waals surface area contributed by atoms with Crippen molar-refractivity contribution in [3.8, 4) is 0 Å². The van der Waals surface area contributed by atoms with Gasteiger partial charge in [-0.3, -0.25) is 9.69 Å². The summed E-state index contributed by atoms with van der Waals surface area (Å²) in [7, 11) is -3.50. The lowest BCUT2D eigenvalue weighted by molar-refractivity contribution is -0.123. The SMILES string of the molecule is CC(C)(C)NC(=O)CN1CCCN(S(=O)(=O)/C=C/c2ccc(Cl)cc2)CC1. The Morgan fingerprint density at radius 3 is 2.44 bits per heavy atom. The van der Waals surface area contributed by atoms with Crippen LogP contribution in [0.25, 0.3) is 6.08 Å². The molecular formula is C19H28ClN3O3S. The molecule has 1 aromatic carbocycles. The average molecular weight is 414 g/mol. The van der Waals surface area contributed by atoms with Gasteiger partial charge in [0.15, 0.2) is 0 Å². The number of amides is 1. The summed E-state index contributed by atoms with van der Waals surface area (Å²) >= 11 is 5.84. The van der Waals surface area contributed by atoms with Crippen LogP contribution in [0.4, 0.5) is 0 Å². The fraction of sp³-hybridized carbons (Fsp3) is 0.526. The van der Waals surface area contributed by atoms with E-state index in [4.69, 9.17) is 11.6 Å². The van der Waals surface area contributed by atoms with E-state index in [1.54, 1.807) is 30.3 Å². The lowest BCUT2D eigenvalue weighted by Crippen LogP contribution is -2.46. The number of hydrogen-bond donors (Lipinski definition) is 1. The largest absolute Gasteiger partial charge is 0.350 e. The van der Waals surface area contributed by atoms with Gasteiger partial charge in [-0.1, -0.05) is 23.7 Å². The molecule has 1 amide bonds. The molecule has 1 fully saturated rings. The molecule has 0 aliphatic carbocycles. The Hall–Kier alpha value is -1.41. The lowest BCUT2D eigenvalue weighted by atomic mass is 10.1. The van der Waals surface area contributed by atoms with Crippen molar-refractivity contribution < 1.29 is 13.2 Å². The van der Waals surface area contributed by atoms with Crippen molar-refractivity contribution in [3.05, 3.63) is 40.3 Å². The normalized spacial score (nSPS) is 17.8. The fourth-order valence-electron chi connectivity index (χ4n) is 2.85. The Morgan fingerprint density at radius 1 is 1.15 bits per heavy atom. The Morgan fingerprint density at radius 2 is 1.81 bits per heavy atom. The van der Waals surface area contributed by atoms with Crippen LogP contribution in [0.15, 0.2) is 29.7 Å². The van der Waals surface area contributed by atoms with E-state index in [-0.39, 0.29) is 18.0 Å². The van der Waals surface area contributed by atoms with Crippen LogP contribution in [0, 0.1) is 0 Å². The number of carbonyl (C=O) groups excluding carboxylic acids is 1. The summed E-state index contributed by atoms with van der Waals surface area (Å²) in [5, 5.41) is 4.78. The number of halogens is 1. The topological polar surface area (TPSA) is 69.7 Å². The first-order valence-corrected chi connectivity index (χ1v) is 10.9. The van der Waals surface area contributed by atoms with Crippen molar-refractivity contribution in [2.75, 3.05) is 32.7 Å². The molecule has 0 atom stereocenters. The highest BCUT2D eigenvalue weighted by atomic mass is 35.5. The van der Waals surface area contributed by atoms with Crippen molar-refractivity contribution >= 4 is 33.6 Å². The summed E-state index contributed by atoms with van der Waals surface area (Å²) in [6, 6.07) is 6.99. The van der Waals surface area contributed by atoms with Gasteiger partial charge in [0.2, 0.25) is 15.9 Å². The van der Waals surface area contributed by atoms with Crippen molar-refractivity contribution in [3.63, 3.8) is 0 Å². The molecule has 1 aliphatic heterocycles. The minimum atomic E-state index is -3.50. The van der Waals surface area contributed by atoms with Crippen LogP contribution in [-0.4, -0.2) is 61.8 Å². The number of carbonyl (C=O) groups is 1. The highest BCUT2D eigenvalue weighted by Crippen LogP contribution is 2.14. The van der Waals surface area contributed by atoms with Crippen LogP contribution < -0.4 is 5.32 Å². The monoisotopic (exact) mass is 413 g/mol. The molecule has 1 aliphatic rings. The van der Waals surface area contributed by atoms with Crippen molar-refractivity contribution in [1.29, 1.82) is 0 Å². The zero-order valence-electron chi connectivity index (χ0n) is 16.1. The summed E-state index contributed by atoms with van der Waals surface area (Å²) in [5.74, 6) is -0.0403. The Kier molecular flexibility index (Phi) is 7.45. The molecule has 27 heavy (non-hydrogen) atoms. The maximum absolute atomic E-state index is 12.6. The number of benzene rings is 1. The standard InChI is InChI=1S/C19H28ClN3O3S/c1-19(2,3)21-18(24)15-22-10-4-11-23(13-12-22)27(25,26)14-9-16-5-7-17(20)8-6-16/h5-9,14H,4,10-13,15H2,1-3H3,(H,21,24)/b14-9+. The second-order valence-corrected chi connectivity index (χ2v) is 9.98. The molecule has 1 heterocycles. The van der Waals surface area contributed by atoms with E-state index in [2.05, 4.69) is 5.32 Å². The highest BCUT2D eigenvalue weighted by molar-refractivity contribution is 7.92.